The van der Waals surface area contributed by atoms with Crippen molar-refractivity contribution in [2.75, 3.05) is 13.7 Å². The summed E-state index contributed by atoms with van der Waals surface area (Å²) < 4.78 is 5.39. The van der Waals surface area contributed by atoms with Crippen LogP contribution in [0.25, 0.3) is 10.9 Å². The molecule has 1 N–H and O–H groups in total. The number of pyridine rings is 1. The molecule has 1 unspecified atom stereocenters. The summed E-state index contributed by atoms with van der Waals surface area (Å²) >= 11 is 0. The monoisotopic (exact) mass is 349 g/mol. The normalized spacial score (nSPS) is 17.0. The fourth-order valence-corrected chi connectivity index (χ4v) is 3.96. The number of likely N-dealkylation sites (tertiary alicyclic amines) is 1. The van der Waals surface area contributed by atoms with Gasteiger partial charge in [-0.25, -0.2) is 0 Å². The molecule has 5 heteroatoms. The average molecular weight is 349 g/mol. The minimum absolute atomic E-state index is 0.102. The summed E-state index contributed by atoms with van der Waals surface area (Å²) in [6, 6.07) is 9.91. The van der Waals surface area contributed by atoms with Crippen molar-refractivity contribution in [3.63, 3.8) is 0 Å². The topological polar surface area (TPSA) is 58.2 Å². The van der Waals surface area contributed by atoms with Gasteiger partial charge in [-0.1, -0.05) is 0 Å². The molecule has 0 radical (unpaired) electrons. The zero-order chi connectivity index (χ0) is 18.1. The Hall–Kier alpha value is -2.82. The summed E-state index contributed by atoms with van der Waals surface area (Å²) in [6.45, 7) is 2.92. The van der Waals surface area contributed by atoms with E-state index in [0.29, 0.717) is 5.56 Å². The fraction of sp³-hybridized carbons (Fsp3) is 0.333. The number of hydrogen-bond acceptors (Lipinski definition) is 3. The van der Waals surface area contributed by atoms with Crippen molar-refractivity contribution in [1.29, 1.82) is 0 Å². The third-order valence-corrected chi connectivity index (χ3v) is 5.33. The summed E-state index contributed by atoms with van der Waals surface area (Å²) in [6.07, 6.45) is 6.29. The van der Waals surface area contributed by atoms with Crippen molar-refractivity contribution in [1.82, 2.24) is 14.9 Å². The summed E-state index contributed by atoms with van der Waals surface area (Å²) in [5.74, 6) is 0.957. The number of carbonyl (C=O) groups excluding carboxylic acids is 1. The smallest absolute Gasteiger partial charge is 0.254 e. The highest BCUT2D eigenvalue weighted by atomic mass is 16.5. The van der Waals surface area contributed by atoms with Crippen molar-refractivity contribution in [3.8, 4) is 5.75 Å². The average Bonchev–Trinajstić information content (AvgIpc) is 3.26. The van der Waals surface area contributed by atoms with Gasteiger partial charge in [-0.05, 0) is 62.1 Å². The van der Waals surface area contributed by atoms with Crippen LogP contribution in [-0.4, -0.2) is 40.5 Å². The van der Waals surface area contributed by atoms with Gasteiger partial charge < -0.3 is 14.6 Å². The van der Waals surface area contributed by atoms with E-state index >= 15 is 0 Å². The second-order valence-electron chi connectivity index (χ2n) is 6.87. The fourth-order valence-electron chi connectivity index (χ4n) is 3.96. The van der Waals surface area contributed by atoms with Crippen LogP contribution in [0.15, 0.2) is 42.7 Å². The third-order valence-electron chi connectivity index (χ3n) is 5.33. The van der Waals surface area contributed by atoms with E-state index in [9.17, 15) is 4.79 Å². The van der Waals surface area contributed by atoms with E-state index < -0.39 is 0 Å². The van der Waals surface area contributed by atoms with E-state index in [1.807, 2.05) is 11.0 Å². The highest BCUT2D eigenvalue weighted by Crippen LogP contribution is 2.31. The molecule has 1 aromatic carbocycles. The van der Waals surface area contributed by atoms with Crippen molar-refractivity contribution in [3.05, 3.63) is 59.5 Å². The molecule has 1 saturated heterocycles. The van der Waals surface area contributed by atoms with Crippen LogP contribution >= 0.6 is 0 Å². The molecule has 5 nitrogen and oxygen atoms in total. The number of benzene rings is 1. The van der Waals surface area contributed by atoms with E-state index in [1.54, 1.807) is 31.6 Å². The largest absolute Gasteiger partial charge is 0.497 e. The lowest BCUT2D eigenvalue weighted by atomic mass is 10.0. The first-order chi connectivity index (χ1) is 12.7. The number of methoxy groups -OCH3 is 1. The van der Waals surface area contributed by atoms with Crippen molar-refractivity contribution in [2.24, 2.45) is 0 Å². The summed E-state index contributed by atoms with van der Waals surface area (Å²) in [5.41, 5.74) is 4.27. The number of H-pyrrole nitrogens is 1. The number of carbonyl (C=O) groups is 1. The second kappa shape index (κ2) is 6.83. The van der Waals surface area contributed by atoms with Gasteiger partial charge in [0.1, 0.15) is 5.75 Å². The molecule has 4 rings (SSSR count). The number of nitrogens with one attached hydrogen (secondary N) is 1. The van der Waals surface area contributed by atoms with E-state index in [2.05, 4.69) is 29.0 Å². The number of aromatic amines is 1. The molecular weight excluding hydrogens is 326 g/mol. The van der Waals surface area contributed by atoms with Crippen LogP contribution < -0.4 is 4.74 Å². The number of amides is 1. The Bertz CT molecular complexity index is 933. The molecule has 1 fully saturated rings. The SMILES string of the molecule is COc1ccc2[nH]c(C)c(CC3CCCN3C(=O)c3ccncc3)c2c1. The zero-order valence-electron chi connectivity index (χ0n) is 15.2. The molecule has 0 spiro atoms. The van der Waals surface area contributed by atoms with E-state index in [4.69, 9.17) is 4.74 Å². The molecule has 1 amide bonds. The van der Waals surface area contributed by atoms with Crippen LogP contribution in [0, 0.1) is 6.92 Å². The maximum absolute atomic E-state index is 12.9. The predicted molar refractivity (Wildman–Crippen MR) is 102 cm³/mol. The van der Waals surface area contributed by atoms with Crippen LogP contribution in [0.5, 0.6) is 5.75 Å². The van der Waals surface area contributed by atoms with Crippen molar-refractivity contribution >= 4 is 16.8 Å². The van der Waals surface area contributed by atoms with E-state index in [-0.39, 0.29) is 11.9 Å². The number of fused-ring (bicyclic) bond motifs is 1. The van der Waals surface area contributed by atoms with Crippen LogP contribution in [0.3, 0.4) is 0 Å². The minimum atomic E-state index is 0.102. The highest BCUT2D eigenvalue weighted by molar-refractivity contribution is 5.94. The van der Waals surface area contributed by atoms with Gasteiger partial charge in [-0.2, -0.15) is 0 Å². The standard InChI is InChI=1S/C21H23N3O2/c1-14-18(19-13-17(26-2)5-6-20(19)23-14)12-16-4-3-11-24(16)21(25)15-7-9-22-10-8-15/h5-10,13,16,23H,3-4,11-12H2,1-2H3. The Kier molecular flexibility index (Phi) is 4.37. The number of ether oxygens (including phenoxy) is 1. The lowest BCUT2D eigenvalue weighted by Gasteiger charge is -2.25. The van der Waals surface area contributed by atoms with Gasteiger partial charge in [0.25, 0.3) is 5.91 Å². The Balaban J connectivity index is 1.63. The minimum Gasteiger partial charge on any atom is -0.497 e. The molecule has 3 aromatic rings. The Morgan fingerprint density at radius 2 is 2.12 bits per heavy atom. The lowest BCUT2D eigenvalue weighted by molar-refractivity contribution is 0.0736. The number of aromatic nitrogens is 2. The number of hydrogen-bond donors (Lipinski definition) is 1. The predicted octanol–water partition coefficient (Wildman–Crippen LogP) is 3.73. The van der Waals surface area contributed by atoms with Gasteiger partial charge in [0.05, 0.1) is 7.11 Å². The molecule has 0 aliphatic carbocycles. The van der Waals surface area contributed by atoms with Crippen LogP contribution in [0.4, 0.5) is 0 Å². The van der Waals surface area contributed by atoms with Crippen molar-refractivity contribution < 1.29 is 9.53 Å². The zero-order valence-corrected chi connectivity index (χ0v) is 15.2. The van der Waals surface area contributed by atoms with Gasteiger partial charge in [0.2, 0.25) is 0 Å². The molecule has 26 heavy (non-hydrogen) atoms. The Morgan fingerprint density at radius 3 is 2.88 bits per heavy atom. The molecule has 0 bridgehead atoms. The number of rotatable bonds is 4. The van der Waals surface area contributed by atoms with E-state index in [0.717, 1.165) is 42.8 Å². The maximum atomic E-state index is 12.9. The first-order valence-electron chi connectivity index (χ1n) is 9.03. The van der Waals surface area contributed by atoms with Gasteiger partial charge >= 0.3 is 0 Å². The lowest BCUT2D eigenvalue weighted by Crippen LogP contribution is -2.36. The second-order valence-corrected chi connectivity index (χ2v) is 6.87. The van der Waals surface area contributed by atoms with Crippen LogP contribution in [-0.2, 0) is 6.42 Å². The Morgan fingerprint density at radius 1 is 1.31 bits per heavy atom. The molecular formula is C21H23N3O2. The maximum Gasteiger partial charge on any atom is 0.254 e. The third kappa shape index (κ3) is 2.94. The summed E-state index contributed by atoms with van der Waals surface area (Å²) in [5, 5.41) is 1.19. The quantitative estimate of drug-likeness (QED) is 0.781. The molecule has 3 heterocycles. The summed E-state index contributed by atoms with van der Waals surface area (Å²) in [4.78, 5) is 22.4. The molecule has 1 atom stereocenters. The highest BCUT2D eigenvalue weighted by Gasteiger charge is 2.30. The van der Waals surface area contributed by atoms with Gasteiger partial charge in [0, 0.05) is 47.1 Å². The Labute approximate surface area is 153 Å². The van der Waals surface area contributed by atoms with E-state index in [1.165, 1.54) is 10.9 Å². The first kappa shape index (κ1) is 16.6. The molecule has 0 saturated carbocycles. The van der Waals surface area contributed by atoms with Gasteiger partial charge in [-0.15, -0.1) is 0 Å². The first-order valence-corrected chi connectivity index (χ1v) is 9.03. The molecule has 1 aliphatic rings. The molecule has 1 aliphatic heterocycles. The molecule has 2 aromatic heterocycles. The van der Waals surface area contributed by atoms with Crippen LogP contribution in [0.1, 0.15) is 34.5 Å². The van der Waals surface area contributed by atoms with Crippen molar-refractivity contribution in [2.45, 2.75) is 32.2 Å². The van der Waals surface area contributed by atoms with Gasteiger partial charge in [0.15, 0.2) is 0 Å². The van der Waals surface area contributed by atoms with Gasteiger partial charge in [-0.3, -0.25) is 9.78 Å². The van der Waals surface area contributed by atoms with Crippen LogP contribution in [0.2, 0.25) is 0 Å². The summed E-state index contributed by atoms with van der Waals surface area (Å²) in [7, 11) is 1.69. The number of nitrogens with zero attached hydrogens (tertiary/aromatic N) is 2. The molecule has 134 valence electrons. The number of aryl methyl sites for hydroxylation is 1.